The minimum atomic E-state index is -3.59. The second-order valence-corrected chi connectivity index (χ2v) is 7.12. The molecule has 6 nitrogen and oxygen atoms in total. The van der Waals surface area contributed by atoms with Crippen LogP contribution in [0.15, 0.2) is 10.3 Å². The Labute approximate surface area is 109 Å². The number of aryl methyl sites for hydroxylation is 1. The van der Waals surface area contributed by atoms with E-state index in [2.05, 4.69) is 0 Å². The van der Waals surface area contributed by atoms with Gasteiger partial charge < -0.3 is 9.84 Å². The molecule has 0 unspecified atom stereocenters. The highest BCUT2D eigenvalue weighted by Gasteiger charge is 2.29. The number of carboxylic acids is 1. The molecule has 1 aliphatic heterocycles. The number of carbonyl (C=O) groups is 1. The first-order valence-corrected chi connectivity index (χ1v) is 7.60. The topological polar surface area (TPSA) is 83.9 Å². The summed E-state index contributed by atoms with van der Waals surface area (Å²) in [6, 6.07) is 1.42. The van der Waals surface area contributed by atoms with E-state index in [1.54, 1.807) is 6.92 Å². The van der Waals surface area contributed by atoms with Crippen LogP contribution in [-0.2, 0) is 14.8 Å². The van der Waals surface area contributed by atoms with Crippen molar-refractivity contribution in [2.75, 3.05) is 26.3 Å². The van der Waals surface area contributed by atoms with E-state index in [4.69, 9.17) is 9.84 Å². The number of aromatic carboxylic acids is 1. The predicted octanol–water partition coefficient (Wildman–Crippen LogP) is 0.776. The summed E-state index contributed by atoms with van der Waals surface area (Å²) in [6.07, 6.45) is 0. The molecule has 1 saturated heterocycles. The molecule has 0 aliphatic carbocycles. The third-order valence-electron chi connectivity index (χ3n) is 2.65. The van der Waals surface area contributed by atoms with Gasteiger partial charge >= 0.3 is 5.97 Å². The maximum absolute atomic E-state index is 12.3. The third-order valence-corrected chi connectivity index (χ3v) is 6.23. The normalized spacial score (nSPS) is 17.8. The van der Waals surface area contributed by atoms with Crippen LogP contribution in [0.4, 0.5) is 0 Å². The van der Waals surface area contributed by atoms with E-state index < -0.39 is 16.0 Å². The van der Waals surface area contributed by atoms with Crippen molar-refractivity contribution >= 4 is 27.3 Å². The Hall–Kier alpha value is -0.960. The van der Waals surface area contributed by atoms with Crippen LogP contribution in [0.2, 0.25) is 0 Å². The van der Waals surface area contributed by atoms with Gasteiger partial charge in [-0.25, -0.2) is 13.2 Å². The minimum absolute atomic E-state index is 0.0711. The van der Waals surface area contributed by atoms with Crippen LogP contribution in [0.25, 0.3) is 0 Å². The molecule has 0 radical (unpaired) electrons. The van der Waals surface area contributed by atoms with Gasteiger partial charge in [-0.15, -0.1) is 11.3 Å². The van der Waals surface area contributed by atoms with E-state index in [1.807, 2.05) is 0 Å². The summed E-state index contributed by atoms with van der Waals surface area (Å²) < 4.78 is 31.0. The number of hydrogen-bond donors (Lipinski definition) is 1. The van der Waals surface area contributed by atoms with Gasteiger partial charge in [0.1, 0.15) is 9.09 Å². The summed E-state index contributed by atoms with van der Waals surface area (Å²) in [5, 5.41) is 8.94. The molecule has 1 aromatic heterocycles. The zero-order chi connectivity index (χ0) is 13.3. The highest BCUT2D eigenvalue weighted by Crippen LogP contribution is 2.28. The van der Waals surface area contributed by atoms with Gasteiger partial charge in [-0.2, -0.15) is 4.31 Å². The van der Waals surface area contributed by atoms with Crippen molar-refractivity contribution in [3.05, 3.63) is 16.5 Å². The number of morpholine rings is 1. The fourth-order valence-corrected chi connectivity index (χ4v) is 4.65. The Balaban J connectivity index is 2.35. The summed E-state index contributed by atoms with van der Waals surface area (Å²) in [7, 11) is -3.59. The Bertz CT molecular complexity index is 557. The Morgan fingerprint density at radius 1 is 1.44 bits per heavy atom. The molecule has 1 N–H and O–H groups in total. The second-order valence-electron chi connectivity index (χ2n) is 3.90. The average molecular weight is 291 g/mol. The molecule has 1 aromatic rings. The molecular formula is C10H13NO5S2. The zero-order valence-corrected chi connectivity index (χ0v) is 11.4. The third kappa shape index (κ3) is 2.41. The van der Waals surface area contributed by atoms with Crippen LogP contribution in [0, 0.1) is 6.92 Å². The number of ether oxygens (including phenoxy) is 1. The number of hydrogen-bond acceptors (Lipinski definition) is 5. The predicted molar refractivity (Wildman–Crippen MR) is 65.6 cm³/mol. The summed E-state index contributed by atoms with van der Waals surface area (Å²) in [4.78, 5) is 11.0. The first kappa shape index (κ1) is 13.5. The van der Waals surface area contributed by atoms with Crippen LogP contribution in [0.1, 0.15) is 15.2 Å². The molecule has 0 aromatic carbocycles. The number of carboxylic acid groups (broad SMARTS) is 1. The monoisotopic (exact) mass is 291 g/mol. The van der Waals surface area contributed by atoms with E-state index in [9.17, 15) is 13.2 Å². The lowest BCUT2D eigenvalue weighted by Gasteiger charge is -2.25. The average Bonchev–Trinajstić information content (AvgIpc) is 2.73. The minimum Gasteiger partial charge on any atom is -0.477 e. The van der Waals surface area contributed by atoms with Crippen molar-refractivity contribution in [3.8, 4) is 0 Å². The van der Waals surface area contributed by atoms with Crippen molar-refractivity contribution in [1.29, 1.82) is 0 Å². The molecular weight excluding hydrogens is 278 g/mol. The molecule has 0 amide bonds. The summed E-state index contributed by atoms with van der Waals surface area (Å²) in [5.74, 6) is -1.10. The fraction of sp³-hybridized carbons (Fsp3) is 0.500. The summed E-state index contributed by atoms with van der Waals surface area (Å²) in [5.41, 5.74) is 0.472. The highest BCUT2D eigenvalue weighted by molar-refractivity contribution is 7.91. The van der Waals surface area contributed by atoms with Crippen molar-refractivity contribution in [2.24, 2.45) is 0 Å². The number of sulfonamides is 1. The van der Waals surface area contributed by atoms with Crippen LogP contribution >= 0.6 is 11.3 Å². The van der Waals surface area contributed by atoms with E-state index in [-0.39, 0.29) is 9.09 Å². The molecule has 0 bridgehead atoms. The van der Waals surface area contributed by atoms with Gasteiger partial charge in [0.2, 0.25) is 0 Å². The van der Waals surface area contributed by atoms with Crippen molar-refractivity contribution < 1.29 is 23.1 Å². The molecule has 8 heteroatoms. The van der Waals surface area contributed by atoms with Crippen LogP contribution in [-0.4, -0.2) is 50.1 Å². The largest absolute Gasteiger partial charge is 0.477 e. The Kier molecular flexibility index (Phi) is 3.71. The molecule has 18 heavy (non-hydrogen) atoms. The lowest BCUT2D eigenvalue weighted by Crippen LogP contribution is -2.40. The molecule has 1 fully saturated rings. The van der Waals surface area contributed by atoms with Gasteiger partial charge in [0.05, 0.1) is 13.2 Å². The Morgan fingerprint density at radius 2 is 2.06 bits per heavy atom. The number of nitrogens with zero attached hydrogens (tertiary/aromatic N) is 1. The van der Waals surface area contributed by atoms with Gasteiger partial charge in [-0.05, 0) is 18.6 Å². The molecule has 0 atom stereocenters. The quantitative estimate of drug-likeness (QED) is 0.889. The molecule has 0 saturated carbocycles. The number of rotatable bonds is 3. The summed E-state index contributed by atoms with van der Waals surface area (Å²) in [6.45, 7) is 2.95. The number of thiophene rings is 1. The summed E-state index contributed by atoms with van der Waals surface area (Å²) >= 11 is 0.798. The molecule has 2 heterocycles. The van der Waals surface area contributed by atoms with Gasteiger partial charge in [0.15, 0.2) is 0 Å². The lowest BCUT2D eigenvalue weighted by molar-refractivity contribution is 0.0701. The lowest BCUT2D eigenvalue weighted by atomic mass is 10.3. The first-order valence-electron chi connectivity index (χ1n) is 5.34. The van der Waals surface area contributed by atoms with Gasteiger partial charge in [-0.3, -0.25) is 0 Å². The smallest absolute Gasteiger partial charge is 0.346 e. The van der Waals surface area contributed by atoms with Crippen molar-refractivity contribution in [1.82, 2.24) is 4.31 Å². The van der Waals surface area contributed by atoms with E-state index in [1.165, 1.54) is 10.4 Å². The maximum atomic E-state index is 12.3. The molecule has 0 spiro atoms. The second kappa shape index (κ2) is 4.96. The van der Waals surface area contributed by atoms with E-state index in [0.717, 1.165) is 11.3 Å². The standard InChI is InChI=1S/C10H13NO5S2/c1-7-6-8(17-9(7)10(12)13)18(14,15)11-2-4-16-5-3-11/h6H,2-5H2,1H3,(H,12,13). The Morgan fingerprint density at radius 3 is 2.56 bits per heavy atom. The van der Waals surface area contributed by atoms with E-state index >= 15 is 0 Å². The van der Waals surface area contributed by atoms with Gasteiger partial charge in [0, 0.05) is 13.1 Å². The van der Waals surface area contributed by atoms with Crippen LogP contribution in [0.5, 0.6) is 0 Å². The van der Waals surface area contributed by atoms with Crippen molar-refractivity contribution in [2.45, 2.75) is 11.1 Å². The fourth-order valence-electron chi connectivity index (χ4n) is 1.71. The SMILES string of the molecule is Cc1cc(S(=O)(=O)N2CCOCC2)sc1C(=O)O. The van der Waals surface area contributed by atoms with Gasteiger partial charge in [-0.1, -0.05) is 0 Å². The zero-order valence-electron chi connectivity index (χ0n) is 9.75. The van der Waals surface area contributed by atoms with Gasteiger partial charge in [0.25, 0.3) is 10.0 Å². The van der Waals surface area contributed by atoms with Crippen LogP contribution < -0.4 is 0 Å². The molecule has 100 valence electrons. The maximum Gasteiger partial charge on any atom is 0.346 e. The molecule has 2 rings (SSSR count). The van der Waals surface area contributed by atoms with E-state index in [0.29, 0.717) is 31.9 Å². The van der Waals surface area contributed by atoms with Crippen LogP contribution in [0.3, 0.4) is 0 Å². The molecule has 1 aliphatic rings. The first-order chi connectivity index (χ1) is 8.43. The van der Waals surface area contributed by atoms with Crippen molar-refractivity contribution in [3.63, 3.8) is 0 Å². The highest BCUT2D eigenvalue weighted by atomic mass is 32.2.